The van der Waals surface area contributed by atoms with Gasteiger partial charge in [0.2, 0.25) is 0 Å². The Kier molecular flexibility index (Phi) is 4.61. The molecule has 0 aliphatic heterocycles. The molecule has 1 rings (SSSR count). The lowest BCUT2D eigenvalue weighted by atomic mass is 9.74. The standard InChI is InChI=1S/C16H24O3/c1-10(2)16(5,6)14-8-13(9-19-12(4)17)7-11(3)15(14)18/h7-8,10,18H,9H2,1-6H3. The van der Waals surface area contributed by atoms with Gasteiger partial charge in [-0.3, -0.25) is 4.79 Å². The highest BCUT2D eigenvalue weighted by atomic mass is 16.5. The van der Waals surface area contributed by atoms with Crippen molar-refractivity contribution >= 4 is 5.97 Å². The molecule has 0 amide bonds. The number of carbonyl (C=O) groups is 1. The van der Waals surface area contributed by atoms with E-state index in [1.54, 1.807) is 0 Å². The van der Waals surface area contributed by atoms with E-state index in [0.29, 0.717) is 11.7 Å². The Labute approximate surface area is 115 Å². The van der Waals surface area contributed by atoms with Crippen molar-refractivity contribution in [2.24, 2.45) is 5.92 Å². The van der Waals surface area contributed by atoms with Gasteiger partial charge in [0.1, 0.15) is 12.4 Å². The lowest BCUT2D eigenvalue weighted by molar-refractivity contribution is -0.142. The largest absolute Gasteiger partial charge is 0.507 e. The molecular weight excluding hydrogens is 240 g/mol. The minimum absolute atomic E-state index is 0.138. The second-order valence-corrected chi connectivity index (χ2v) is 5.97. The predicted octanol–water partition coefficient (Wildman–Crippen LogP) is 3.70. The van der Waals surface area contributed by atoms with E-state index < -0.39 is 0 Å². The topological polar surface area (TPSA) is 46.5 Å². The molecule has 1 N–H and O–H groups in total. The molecule has 106 valence electrons. The highest BCUT2D eigenvalue weighted by molar-refractivity contribution is 5.66. The fraction of sp³-hybridized carbons (Fsp3) is 0.562. The number of esters is 1. The SMILES string of the molecule is CC(=O)OCc1cc(C)c(O)c(C(C)(C)C(C)C)c1. The number of aryl methyl sites for hydroxylation is 1. The highest BCUT2D eigenvalue weighted by Crippen LogP contribution is 2.39. The summed E-state index contributed by atoms with van der Waals surface area (Å²) in [6, 6.07) is 3.80. The molecule has 0 aliphatic rings. The predicted molar refractivity (Wildman–Crippen MR) is 76.2 cm³/mol. The maximum atomic E-state index is 10.9. The molecule has 0 saturated heterocycles. The quantitative estimate of drug-likeness (QED) is 0.843. The fourth-order valence-corrected chi connectivity index (χ4v) is 1.92. The molecule has 3 heteroatoms. The first-order valence-corrected chi connectivity index (χ1v) is 6.62. The van der Waals surface area contributed by atoms with Crippen LogP contribution in [0.4, 0.5) is 0 Å². The third-order valence-corrected chi connectivity index (χ3v) is 3.94. The van der Waals surface area contributed by atoms with E-state index in [4.69, 9.17) is 4.74 Å². The van der Waals surface area contributed by atoms with Gasteiger partial charge in [-0.15, -0.1) is 0 Å². The molecule has 0 saturated carbocycles. The minimum Gasteiger partial charge on any atom is -0.507 e. The van der Waals surface area contributed by atoms with Crippen LogP contribution < -0.4 is 0 Å². The molecule has 0 fully saturated rings. The number of hydrogen-bond acceptors (Lipinski definition) is 3. The summed E-state index contributed by atoms with van der Waals surface area (Å²) in [5.41, 5.74) is 2.49. The number of carbonyl (C=O) groups excluding carboxylic acids is 1. The lowest BCUT2D eigenvalue weighted by Gasteiger charge is -2.31. The smallest absolute Gasteiger partial charge is 0.302 e. The van der Waals surface area contributed by atoms with E-state index in [0.717, 1.165) is 16.7 Å². The first-order chi connectivity index (χ1) is 8.66. The van der Waals surface area contributed by atoms with Gasteiger partial charge < -0.3 is 9.84 Å². The lowest BCUT2D eigenvalue weighted by Crippen LogP contribution is -2.25. The zero-order chi connectivity index (χ0) is 14.8. The van der Waals surface area contributed by atoms with Crippen LogP contribution in [-0.4, -0.2) is 11.1 Å². The summed E-state index contributed by atoms with van der Waals surface area (Å²) < 4.78 is 5.03. The average molecular weight is 264 g/mol. The number of hydrogen-bond donors (Lipinski definition) is 1. The molecule has 0 aromatic heterocycles. The second-order valence-electron chi connectivity index (χ2n) is 5.97. The van der Waals surface area contributed by atoms with Gasteiger partial charge in [-0.2, -0.15) is 0 Å². The van der Waals surface area contributed by atoms with Crippen molar-refractivity contribution in [1.82, 2.24) is 0 Å². The minimum atomic E-state index is -0.296. The van der Waals surface area contributed by atoms with Crippen LogP contribution in [0.15, 0.2) is 12.1 Å². The van der Waals surface area contributed by atoms with E-state index in [9.17, 15) is 9.90 Å². The Hall–Kier alpha value is -1.51. The normalized spacial score (nSPS) is 11.7. The molecule has 0 heterocycles. The van der Waals surface area contributed by atoms with Gasteiger partial charge in [-0.25, -0.2) is 0 Å². The number of ether oxygens (including phenoxy) is 1. The molecule has 0 unspecified atom stereocenters. The van der Waals surface area contributed by atoms with Gasteiger partial charge in [0.25, 0.3) is 0 Å². The number of benzene rings is 1. The van der Waals surface area contributed by atoms with Crippen molar-refractivity contribution < 1.29 is 14.6 Å². The summed E-state index contributed by atoms with van der Waals surface area (Å²) in [7, 11) is 0. The summed E-state index contributed by atoms with van der Waals surface area (Å²) in [4.78, 5) is 10.9. The number of rotatable bonds is 4. The van der Waals surface area contributed by atoms with Gasteiger partial charge in [0.15, 0.2) is 0 Å². The third-order valence-electron chi connectivity index (χ3n) is 3.94. The Morgan fingerprint density at radius 3 is 2.42 bits per heavy atom. The number of phenolic OH excluding ortho intramolecular Hbond substituents is 1. The third kappa shape index (κ3) is 3.49. The fourth-order valence-electron chi connectivity index (χ4n) is 1.92. The Morgan fingerprint density at radius 1 is 1.37 bits per heavy atom. The van der Waals surface area contributed by atoms with Gasteiger partial charge >= 0.3 is 5.97 Å². The Morgan fingerprint density at radius 2 is 1.95 bits per heavy atom. The van der Waals surface area contributed by atoms with Crippen molar-refractivity contribution in [3.63, 3.8) is 0 Å². The van der Waals surface area contributed by atoms with Crippen molar-refractivity contribution in [3.8, 4) is 5.75 Å². The van der Waals surface area contributed by atoms with Crippen LogP contribution >= 0.6 is 0 Å². The maximum Gasteiger partial charge on any atom is 0.302 e. The first-order valence-electron chi connectivity index (χ1n) is 6.62. The molecule has 0 bridgehead atoms. The van der Waals surface area contributed by atoms with E-state index in [1.165, 1.54) is 6.92 Å². The maximum absolute atomic E-state index is 10.9. The monoisotopic (exact) mass is 264 g/mol. The molecule has 0 atom stereocenters. The molecular formula is C16H24O3. The molecule has 19 heavy (non-hydrogen) atoms. The zero-order valence-electron chi connectivity index (χ0n) is 12.7. The summed E-state index contributed by atoms with van der Waals surface area (Å²) >= 11 is 0. The van der Waals surface area contributed by atoms with Crippen LogP contribution in [0.3, 0.4) is 0 Å². The molecule has 3 nitrogen and oxygen atoms in total. The van der Waals surface area contributed by atoms with E-state index in [1.807, 2.05) is 19.1 Å². The average Bonchev–Trinajstić information content (AvgIpc) is 2.29. The van der Waals surface area contributed by atoms with E-state index in [2.05, 4.69) is 27.7 Å². The van der Waals surface area contributed by atoms with E-state index in [-0.39, 0.29) is 18.0 Å². The molecule has 0 spiro atoms. The van der Waals surface area contributed by atoms with Crippen molar-refractivity contribution in [3.05, 3.63) is 28.8 Å². The first kappa shape index (κ1) is 15.5. The molecule has 1 aromatic rings. The Bertz CT molecular complexity index is 473. The van der Waals surface area contributed by atoms with E-state index >= 15 is 0 Å². The summed E-state index contributed by atoms with van der Waals surface area (Å²) in [6.07, 6.45) is 0. The molecule has 0 aliphatic carbocycles. The van der Waals surface area contributed by atoms with Crippen LogP contribution in [0.2, 0.25) is 0 Å². The van der Waals surface area contributed by atoms with Gasteiger partial charge in [-0.05, 0) is 41.5 Å². The Balaban J connectivity index is 3.21. The molecule has 0 radical (unpaired) electrons. The van der Waals surface area contributed by atoms with Gasteiger partial charge in [-0.1, -0.05) is 27.7 Å². The summed E-state index contributed by atoms with van der Waals surface area (Å²) in [6.45, 7) is 12.0. The van der Waals surface area contributed by atoms with Crippen molar-refractivity contribution in [2.75, 3.05) is 0 Å². The van der Waals surface area contributed by atoms with Crippen LogP contribution in [-0.2, 0) is 21.6 Å². The van der Waals surface area contributed by atoms with Crippen molar-refractivity contribution in [1.29, 1.82) is 0 Å². The zero-order valence-corrected chi connectivity index (χ0v) is 12.7. The van der Waals surface area contributed by atoms with Crippen LogP contribution in [0, 0.1) is 12.8 Å². The summed E-state index contributed by atoms with van der Waals surface area (Å²) in [5.74, 6) is 0.433. The molecule has 1 aromatic carbocycles. The van der Waals surface area contributed by atoms with Gasteiger partial charge in [0, 0.05) is 12.5 Å². The summed E-state index contributed by atoms with van der Waals surface area (Å²) in [5, 5.41) is 10.3. The number of phenols is 1. The van der Waals surface area contributed by atoms with Crippen LogP contribution in [0.1, 0.15) is 51.3 Å². The van der Waals surface area contributed by atoms with Crippen LogP contribution in [0.5, 0.6) is 5.75 Å². The highest BCUT2D eigenvalue weighted by Gasteiger charge is 2.28. The van der Waals surface area contributed by atoms with Crippen molar-refractivity contribution in [2.45, 2.75) is 53.6 Å². The van der Waals surface area contributed by atoms with Crippen LogP contribution in [0.25, 0.3) is 0 Å². The number of aromatic hydroxyl groups is 1. The van der Waals surface area contributed by atoms with Gasteiger partial charge in [0.05, 0.1) is 0 Å². The second kappa shape index (κ2) is 5.64.